The van der Waals surface area contributed by atoms with E-state index in [4.69, 9.17) is 32.9 Å². The standard InChI is InChI=1S/C24H27Cl2N3O2S2.ClH/c25-18-4-7-20(8-5-18)32-16-1-3-23(30)29(11-2-10-28-12-14-31-15-13-28)24-27-21-9-6-19(26)17-22(21)33-24;/h4-9,17H,1-3,10-16H2;1H. The van der Waals surface area contributed by atoms with Crippen molar-refractivity contribution in [1.82, 2.24) is 9.88 Å². The highest BCUT2D eigenvalue weighted by molar-refractivity contribution is 7.99. The fourth-order valence-corrected chi connectivity index (χ4v) is 5.95. The Kier molecular flexibility index (Phi) is 11.2. The number of aromatic nitrogens is 1. The van der Waals surface area contributed by atoms with E-state index in [9.17, 15) is 4.79 Å². The van der Waals surface area contributed by atoms with Crippen molar-refractivity contribution in [3.05, 3.63) is 52.5 Å². The van der Waals surface area contributed by atoms with Crippen LogP contribution in [0.5, 0.6) is 0 Å². The number of carbonyl (C=O) groups excluding carboxylic acids is 1. The Balaban J connectivity index is 0.00000324. The van der Waals surface area contributed by atoms with E-state index < -0.39 is 0 Å². The number of hydrogen-bond donors (Lipinski definition) is 0. The molecule has 0 N–H and O–H groups in total. The number of rotatable bonds is 10. The van der Waals surface area contributed by atoms with Gasteiger partial charge in [0.15, 0.2) is 5.13 Å². The fraction of sp³-hybridized carbons (Fsp3) is 0.417. The molecular weight excluding hydrogens is 533 g/mol. The summed E-state index contributed by atoms with van der Waals surface area (Å²) in [5.74, 6) is 1.00. The molecule has 10 heteroatoms. The number of thiazole rings is 1. The summed E-state index contributed by atoms with van der Waals surface area (Å²) in [7, 11) is 0. The van der Waals surface area contributed by atoms with Gasteiger partial charge in [-0.2, -0.15) is 0 Å². The summed E-state index contributed by atoms with van der Waals surface area (Å²) in [4.78, 5) is 23.4. The zero-order valence-corrected chi connectivity index (χ0v) is 22.7. The molecule has 0 radical (unpaired) electrons. The molecule has 0 aliphatic carbocycles. The van der Waals surface area contributed by atoms with Crippen LogP contribution in [0.4, 0.5) is 5.13 Å². The van der Waals surface area contributed by atoms with Crippen molar-refractivity contribution in [2.75, 3.05) is 50.0 Å². The van der Waals surface area contributed by atoms with Gasteiger partial charge in [0.2, 0.25) is 5.91 Å². The SMILES string of the molecule is Cl.O=C(CCCSc1ccc(Cl)cc1)N(CCCN1CCOCC1)c1nc2ccc(Cl)cc2s1. The van der Waals surface area contributed by atoms with Gasteiger partial charge in [-0.1, -0.05) is 34.5 Å². The highest BCUT2D eigenvalue weighted by Crippen LogP contribution is 2.31. The number of amides is 1. The zero-order valence-electron chi connectivity index (χ0n) is 18.8. The Morgan fingerprint density at radius 3 is 2.59 bits per heavy atom. The van der Waals surface area contributed by atoms with Gasteiger partial charge in [-0.15, -0.1) is 24.2 Å². The van der Waals surface area contributed by atoms with Crippen LogP contribution in [0.3, 0.4) is 0 Å². The lowest BCUT2D eigenvalue weighted by Crippen LogP contribution is -2.39. The summed E-state index contributed by atoms with van der Waals surface area (Å²) < 4.78 is 6.44. The Labute approximate surface area is 225 Å². The van der Waals surface area contributed by atoms with E-state index in [1.165, 1.54) is 11.3 Å². The van der Waals surface area contributed by atoms with Gasteiger partial charge in [0.05, 0.1) is 23.4 Å². The van der Waals surface area contributed by atoms with E-state index in [1.54, 1.807) is 11.8 Å². The molecule has 0 bridgehead atoms. The Morgan fingerprint density at radius 1 is 1.09 bits per heavy atom. The van der Waals surface area contributed by atoms with Crippen molar-refractivity contribution in [2.45, 2.75) is 24.2 Å². The van der Waals surface area contributed by atoms with Crippen molar-refractivity contribution < 1.29 is 9.53 Å². The highest BCUT2D eigenvalue weighted by Gasteiger charge is 2.20. The lowest BCUT2D eigenvalue weighted by Gasteiger charge is -2.27. The quantitative estimate of drug-likeness (QED) is 0.205. The predicted molar refractivity (Wildman–Crippen MR) is 148 cm³/mol. The molecule has 1 fully saturated rings. The summed E-state index contributed by atoms with van der Waals surface area (Å²) in [5, 5.41) is 2.17. The van der Waals surface area contributed by atoms with Crippen LogP contribution in [0, 0.1) is 0 Å². The van der Waals surface area contributed by atoms with Gasteiger partial charge in [0, 0.05) is 47.5 Å². The third-order valence-electron chi connectivity index (χ3n) is 5.45. The fourth-order valence-electron chi connectivity index (χ4n) is 3.69. The molecule has 0 atom stereocenters. The van der Waals surface area contributed by atoms with Crippen LogP contribution in [-0.2, 0) is 9.53 Å². The van der Waals surface area contributed by atoms with Crippen LogP contribution in [0.25, 0.3) is 10.2 Å². The summed E-state index contributed by atoms with van der Waals surface area (Å²) in [6.45, 7) is 5.09. The van der Waals surface area contributed by atoms with Crippen molar-refractivity contribution in [1.29, 1.82) is 0 Å². The number of carbonyl (C=O) groups is 1. The number of ether oxygens (including phenoxy) is 1. The second-order valence-electron chi connectivity index (χ2n) is 7.87. The van der Waals surface area contributed by atoms with E-state index in [1.807, 2.05) is 47.4 Å². The molecule has 184 valence electrons. The second-order valence-corrected chi connectivity index (χ2v) is 10.9. The number of anilines is 1. The van der Waals surface area contributed by atoms with Crippen LogP contribution < -0.4 is 4.90 Å². The number of nitrogens with zero attached hydrogens (tertiary/aromatic N) is 3. The number of thioether (sulfide) groups is 1. The Bertz CT molecular complexity index is 1060. The third kappa shape index (κ3) is 7.98. The normalized spacial score (nSPS) is 14.2. The molecule has 4 rings (SSSR count). The highest BCUT2D eigenvalue weighted by atomic mass is 35.5. The third-order valence-corrected chi connectivity index (χ3v) is 8.07. The first-order valence-corrected chi connectivity index (χ1v) is 13.7. The van der Waals surface area contributed by atoms with Crippen LogP contribution in [-0.4, -0.2) is 60.9 Å². The average Bonchev–Trinajstić information content (AvgIpc) is 3.24. The monoisotopic (exact) mass is 559 g/mol. The predicted octanol–water partition coefficient (Wildman–Crippen LogP) is 6.65. The summed E-state index contributed by atoms with van der Waals surface area (Å²) in [6.07, 6.45) is 2.21. The van der Waals surface area contributed by atoms with Gasteiger partial charge in [-0.25, -0.2) is 4.98 Å². The molecule has 34 heavy (non-hydrogen) atoms. The van der Waals surface area contributed by atoms with Gasteiger partial charge in [-0.3, -0.25) is 14.6 Å². The smallest absolute Gasteiger partial charge is 0.228 e. The number of benzene rings is 2. The summed E-state index contributed by atoms with van der Waals surface area (Å²) in [5.41, 5.74) is 0.878. The maximum Gasteiger partial charge on any atom is 0.228 e. The van der Waals surface area contributed by atoms with Crippen LogP contribution in [0.15, 0.2) is 47.4 Å². The minimum atomic E-state index is 0. The molecule has 1 aliphatic heterocycles. The molecule has 3 aromatic rings. The van der Waals surface area contributed by atoms with Gasteiger partial charge in [0.25, 0.3) is 0 Å². The van der Waals surface area contributed by atoms with Crippen molar-refractivity contribution in [3.63, 3.8) is 0 Å². The second kappa shape index (κ2) is 13.9. The molecule has 2 heterocycles. The maximum absolute atomic E-state index is 13.2. The summed E-state index contributed by atoms with van der Waals surface area (Å²) in [6, 6.07) is 13.5. The van der Waals surface area contributed by atoms with E-state index in [0.717, 1.165) is 76.7 Å². The number of fused-ring (bicyclic) bond motifs is 1. The van der Waals surface area contributed by atoms with E-state index in [0.29, 0.717) is 18.0 Å². The molecule has 1 aromatic heterocycles. The van der Waals surface area contributed by atoms with Gasteiger partial charge in [-0.05, 0) is 61.1 Å². The van der Waals surface area contributed by atoms with Crippen molar-refractivity contribution in [2.24, 2.45) is 0 Å². The van der Waals surface area contributed by atoms with Crippen LogP contribution >= 0.6 is 58.7 Å². The topological polar surface area (TPSA) is 45.7 Å². The molecule has 1 saturated heterocycles. The molecule has 2 aromatic carbocycles. The van der Waals surface area contributed by atoms with Crippen molar-refractivity contribution in [3.8, 4) is 0 Å². The lowest BCUT2D eigenvalue weighted by molar-refractivity contribution is -0.118. The maximum atomic E-state index is 13.2. The number of morpholine rings is 1. The average molecular weight is 561 g/mol. The molecule has 5 nitrogen and oxygen atoms in total. The Hall–Kier alpha value is -1.06. The number of hydrogen-bond acceptors (Lipinski definition) is 6. The molecule has 0 unspecified atom stereocenters. The zero-order chi connectivity index (χ0) is 23.0. The van der Waals surface area contributed by atoms with Gasteiger partial charge < -0.3 is 4.74 Å². The Morgan fingerprint density at radius 2 is 1.82 bits per heavy atom. The first-order chi connectivity index (χ1) is 16.1. The molecule has 1 aliphatic rings. The van der Waals surface area contributed by atoms with Gasteiger partial charge in [0.1, 0.15) is 0 Å². The van der Waals surface area contributed by atoms with E-state index >= 15 is 0 Å². The minimum Gasteiger partial charge on any atom is -0.379 e. The molecular formula is C24H28Cl3N3O2S2. The molecule has 0 saturated carbocycles. The minimum absolute atomic E-state index is 0. The van der Waals surface area contributed by atoms with Crippen LogP contribution in [0.1, 0.15) is 19.3 Å². The number of halogens is 3. The van der Waals surface area contributed by atoms with Crippen LogP contribution in [0.2, 0.25) is 10.0 Å². The van der Waals surface area contributed by atoms with E-state index in [2.05, 4.69) is 4.90 Å². The largest absolute Gasteiger partial charge is 0.379 e. The molecule has 1 amide bonds. The van der Waals surface area contributed by atoms with Gasteiger partial charge >= 0.3 is 0 Å². The van der Waals surface area contributed by atoms with E-state index in [-0.39, 0.29) is 18.3 Å². The first kappa shape index (κ1) is 27.5. The molecule has 0 spiro atoms. The lowest BCUT2D eigenvalue weighted by atomic mass is 10.2. The van der Waals surface area contributed by atoms with Crippen molar-refractivity contribution >= 4 is 80.0 Å². The summed E-state index contributed by atoms with van der Waals surface area (Å²) >= 11 is 15.4. The first-order valence-electron chi connectivity index (χ1n) is 11.1.